The van der Waals surface area contributed by atoms with Crippen molar-refractivity contribution in [1.29, 1.82) is 0 Å². The number of aliphatic imine (C=N–C) groups is 1. The second-order valence-electron chi connectivity index (χ2n) is 4.21. The van der Waals surface area contributed by atoms with Crippen LogP contribution >= 0.6 is 11.8 Å². The number of carbonyl (C=O) groups is 2. The van der Waals surface area contributed by atoms with E-state index in [4.69, 9.17) is 9.94 Å². The molecule has 2 rings (SSSR count). The number of nitrogens with one attached hydrogen (secondary N) is 1. The van der Waals surface area contributed by atoms with E-state index < -0.39 is 17.4 Å². The number of benzene rings is 1. The summed E-state index contributed by atoms with van der Waals surface area (Å²) in [4.78, 5) is 27.4. The Hall–Kier alpha value is -2.35. The molecule has 7 nitrogen and oxygen atoms in total. The number of rotatable bonds is 3. The van der Waals surface area contributed by atoms with Crippen molar-refractivity contribution in [2.45, 2.75) is 19.3 Å². The summed E-state index contributed by atoms with van der Waals surface area (Å²) >= 11 is 1.10. The number of para-hydroxylation sites is 1. The molecular weight excluding hydrogens is 294 g/mol. The minimum absolute atomic E-state index is 0.227. The number of amides is 1. The first-order valence-electron chi connectivity index (χ1n) is 6.02. The van der Waals surface area contributed by atoms with Crippen molar-refractivity contribution in [3.63, 3.8) is 0 Å². The van der Waals surface area contributed by atoms with Crippen LogP contribution in [0.2, 0.25) is 0 Å². The van der Waals surface area contributed by atoms with Crippen molar-refractivity contribution >= 4 is 34.9 Å². The molecular formula is C13H13N3O4S. The van der Waals surface area contributed by atoms with Gasteiger partial charge in [0.15, 0.2) is 10.5 Å². The van der Waals surface area contributed by atoms with Gasteiger partial charge < -0.3 is 15.3 Å². The Bertz CT molecular complexity index is 642. The van der Waals surface area contributed by atoms with Crippen LogP contribution in [0.1, 0.15) is 22.8 Å². The fourth-order valence-corrected chi connectivity index (χ4v) is 2.41. The Kier molecular flexibility index (Phi) is 4.59. The quantitative estimate of drug-likeness (QED) is 0.382. The zero-order valence-corrected chi connectivity index (χ0v) is 12.2. The first-order valence-corrected chi connectivity index (χ1v) is 6.90. The van der Waals surface area contributed by atoms with E-state index in [-0.39, 0.29) is 11.3 Å². The smallest absolute Gasteiger partial charge is 0.308 e. The van der Waals surface area contributed by atoms with Gasteiger partial charge in [0.2, 0.25) is 0 Å². The van der Waals surface area contributed by atoms with E-state index in [0.29, 0.717) is 10.6 Å². The number of hydrogen-bond donors (Lipinski definition) is 2. The van der Waals surface area contributed by atoms with Crippen LogP contribution in [0, 0.1) is 6.92 Å². The van der Waals surface area contributed by atoms with E-state index >= 15 is 0 Å². The average molecular weight is 307 g/mol. The van der Waals surface area contributed by atoms with Gasteiger partial charge in [0.05, 0.1) is 11.8 Å². The summed E-state index contributed by atoms with van der Waals surface area (Å²) in [5.41, 5.74) is 0.350. The number of hydrogen-bond acceptors (Lipinski definition) is 7. The van der Waals surface area contributed by atoms with Gasteiger partial charge in [0, 0.05) is 6.92 Å². The van der Waals surface area contributed by atoms with Gasteiger partial charge in [-0.15, -0.1) is 0 Å². The number of esters is 1. The van der Waals surface area contributed by atoms with Gasteiger partial charge in [0.1, 0.15) is 5.75 Å². The Morgan fingerprint density at radius 3 is 2.86 bits per heavy atom. The fraction of sp³-hybridized carbons (Fsp3) is 0.231. The fourth-order valence-electron chi connectivity index (χ4n) is 1.72. The van der Waals surface area contributed by atoms with E-state index in [1.165, 1.54) is 13.1 Å². The molecule has 1 aliphatic rings. The molecule has 21 heavy (non-hydrogen) atoms. The maximum Gasteiger partial charge on any atom is 0.308 e. The van der Waals surface area contributed by atoms with Crippen LogP contribution in [-0.4, -0.2) is 33.8 Å². The summed E-state index contributed by atoms with van der Waals surface area (Å²) in [7, 11) is 0. The number of oxime groups is 1. The molecule has 0 radical (unpaired) electrons. The summed E-state index contributed by atoms with van der Waals surface area (Å²) in [6, 6.07) is 5.00. The van der Waals surface area contributed by atoms with Crippen molar-refractivity contribution in [1.82, 2.24) is 5.32 Å². The van der Waals surface area contributed by atoms with Gasteiger partial charge in [-0.25, -0.2) is 0 Å². The van der Waals surface area contributed by atoms with Crippen LogP contribution < -0.4 is 10.1 Å². The number of aryl methyl sites for hydroxylation is 1. The van der Waals surface area contributed by atoms with Crippen molar-refractivity contribution in [3.05, 3.63) is 29.3 Å². The molecule has 1 aromatic rings. The van der Waals surface area contributed by atoms with Gasteiger partial charge in [-0.3, -0.25) is 14.6 Å². The topological polar surface area (TPSA) is 100 Å². The first kappa shape index (κ1) is 15.0. The standard InChI is InChI=1S/C13H13N3O4S/c1-7-4-3-5-9(11(7)20-8(2)17)12(18)15-13-14-6-10(16-19)21-13/h3-6,13,19H,1-2H3,(H,15,18)/t13-/m1/s1. The monoisotopic (exact) mass is 307 g/mol. The van der Waals surface area contributed by atoms with Crippen LogP contribution in [0.4, 0.5) is 0 Å². The molecule has 0 bridgehead atoms. The second-order valence-corrected chi connectivity index (χ2v) is 5.31. The highest BCUT2D eigenvalue weighted by Crippen LogP contribution is 2.25. The normalized spacial score (nSPS) is 18.8. The maximum atomic E-state index is 12.3. The van der Waals surface area contributed by atoms with Gasteiger partial charge in [-0.05, 0) is 18.6 Å². The van der Waals surface area contributed by atoms with E-state index in [9.17, 15) is 9.59 Å². The molecule has 0 unspecified atom stereocenters. The lowest BCUT2D eigenvalue weighted by atomic mass is 10.1. The third-order valence-electron chi connectivity index (χ3n) is 2.61. The van der Waals surface area contributed by atoms with Gasteiger partial charge in [-0.2, -0.15) is 0 Å². The maximum absolute atomic E-state index is 12.3. The van der Waals surface area contributed by atoms with Crippen LogP contribution in [0.3, 0.4) is 0 Å². The van der Waals surface area contributed by atoms with Gasteiger partial charge in [0.25, 0.3) is 5.91 Å². The highest BCUT2D eigenvalue weighted by molar-refractivity contribution is 8.16. The minimum atomic E-state index is -0.575. The molecule has 8 heteroatoms. The zero-order chi connectivity index (χ0) is 15.4. The molecule has 1 aromatic carbocycles. The first-order chi connectivity index (χ1) is 10.0. The summed E-state index contributed by atoms with van der Waals surface area (Å²) < 4.78 is 5.10. The van der Waals surface area contributed by atoms with Crippen molar-refractivity contribution in [2.75, 3.05) is 0 Å². The molecule has 0 saturated carbocycles. The summed E-state index contributed by atoms with van der Waals surface area (Å²) in [5, 5.41) is 14.6. The minimum Gasteiger partial charge on any atom is -0.426 e. The summed E-state index contributed by atoms with van der Waals surface area (Å²) in [5.74, 6) is -0.698. The molecule has 110 valence electrons. The zero-order valence-electron chi connectivity index (χ0n) is 11.4. The molecule has 1 amide bonds. The molecule has 0 aromatic heterocycles. The Labute approximate surface area is 125 Å². The Morgan fingerprint density at radius 2 is 2.24 bits per heavy atom. The van der Waals surface area contributed by atoms with Crippen molar-refractivity contribution in [2.24, 2.45) is 10.1 Å². The molecule has 0 fully saturated rings. The highest BCUT2D eigenvalue weighted by Gasteiger charge is 2.22. The van der Waals surface area contributed by atoms with Gasteiger partial charge in [-0.1, -0.05) is 29.1 Å². The van der Waals surface area contributed by atoms with Crippen LogP contribution in [-0.2, 0) is 4.79 Å². The summed E-state index contributed by atoms with van der Waals surface area (Å²) in [6.45, 7) is 3.02. The van der Waals surface area contributed by atoms with Crippen LogP contribution in [0.5, 0.6) is 5.75 Å². The SMILES string of the molecule is CC(=O)Oc1c(C)cccc1C(=O)N[C@H]1N=CC(=NO)S1. The van der Waals surface area contributed by atoms with Crippen LogP contribution in [0.25, 0.3) is 0 Å². The third kappa shape index (κ3) is 3.60. The van der Waals surface area contributed by atoms with E-state index in [2.05, 4.69) is 15.5 Å². The number of carbonyl (C=O) groups excluding carboxylic acids is 2. The lowest BCUT2D eigenvalue weighted by Gasteiger charge is -2.13. The molecule has 0 saturated heterocycles. The molecule has 1 heterocycles. The largest absolute Gasteiger partial charge is 0.426 e. The number of ether oxygens (including phenoxy) is 1. The van der Waals surface area contributed by atoms with Gasteiger partial charge >= 0.3 is 5.97 Å². The van der Waals surface area contributed by atoms with E-state index in [1.54, 1.807) is 25.1 Å². The number of nitrogens with zero attached hydrogens (tertiary/aromatic N) is 2. The molecule has 2 N–H and O–H groups in total. The van der Waals surface area contributed by atoms with E-state index in [0.717, 1.165) is 11.8 Å². The summed E-state index contributed by atoms with van der Waals surface area (Å²) in [6.07, 6.45) is 1.36. The Morgan fingerprint density at radius 1 is 1.48 bits per heavy atom. The van der Waals surface area contributed by atoms with Crippen molar-refractivity contribution < 1.29 is 19.5 Å². The van der Waals surface area contributed by atoms with Crippen molar-refractivity contribution in [3.8, 4) is 5.75 Å². The third-order valence-corrected chi connectivity index (χ3v) is 3.50. The van der Waals surface area contributed by atoms with Crippen LogP contribution in [0.15, 0.2) is 28.3 Å². The average Bonchev–Trinajstić information content (AvgIpc) is 2.88. The van der Waals surface area contributed by atoms with E-state index in [1.807, 2.05) is 0 Å². The highest BCUT2D eigenvalue weighted by atomic mass is 32.2. The molecule has 1 aliphatic heterocycles. The Balaban J connectivity index is 2.18. The molecule has 0 aliphatic carbocycles. The number of thioether (sulfide) groups is 1. The predicted octanol–water partition coefficient (Wildman–Crippen LogP) is 1.54. The molecule has 0 spiro atoms. The lowest BCUT2D eigenvalue weighted by molar-refractivity contribution is -0.131. The predicted molar refractivity (Wildman–Crippen MR) is 79.0 cm³/mol. The lowest BCUT2D eigenvalue weighted by Crippen LogP contribution is -2.30. The molecule has 1 atom stereocenters. The second kappa shape index (κ2) is 6.40.